The van der Waals surface area contributed by atoms with Gasteiger partial charge in [-0.2, -0.15) is 0 Å². The number of rotatable bonds is 21. The number of carbonyl (C=O) groups excluding carboxylic acids is 8. The van der Waals surface area contributed by atoms with Gasteiger partial charge in [0, 0.05) is 51.9 Å². The second kappa shape index (κ2) is 24.4. The second-order valence-corrected chi connectivity index (χ2v) is 15.9. The minimum absolute atomic E-state index is 0.00837. The Labute approximate surface area is 385 Å². The molecule has 0 unspecified atom stereocenters. The number of likely N-dealkylation sites (N-methyl/N-ethyl adjacent to an activating group) is 2. The Hall–Kier alpha value is -7.09. The number of nitrogens with one attached hydrogen (secondary N) is 6. The van der Waals surface area contributed by atoms with Crippen LogP contribution in [0.3, 0.4) is 0 Å². The zero-order chi connectivity index (χ0) is 49.5. The molecule has 1 saturated heterocycles. The Bertz CT molecular complexity index is 2180. The highest BCUT2D eigenvalue weighted by atomic mass is 16.6. The maximum atomic E-state index is 13.1. The van der Waals surface area contributed by atoms with Crippen LogP contribution in [0.25, 0.3) is 0 Å². The largest absolute Gasteiger partial charge is 0.445 e. The van der Waals surface area contributed by atoms with E-state index >= 15 is 0 Å². The van der Waals surface area contributed by atoms with Crippen molar-refractivity contribution in [1.29, 1.82) is 0 Å². The van der Waals surface area contributed by atoms with Gasteiger partial charge in [0.25, 0.3) is 11.8 Å². The van der Waals surface area contributed by atoms with Gasteiger partial charge < -0.3 is 66.2 Å². The van der Waals surface area contributed by atoms with Gasteiger partial charge in [-0.05, 0) is 43.7 Å². The molecule has 8 amide bonds. The third-order valence-corrected chi connectivity index (χ3v) is 10.5. The Balaban J connectivity index is 1.18. The molecule has 0 spiro atoms. The summed E-state index contributed by atoms with van der Waals surface area (Å²) in [5.74, 6) is -3.89. The van der Waals surface area contributed by atoms with E-state index in [2.05, 4.69) is 53.3 Å². The van der Waals surface area contributed by atoms with E-state index in [1.165, 1.54) is 27.3 Å². The molecule has 9 N–H and O–H groups in total. The standard InChI is InChI=1S/C42H58N12O13/c1-22(2)32(49-27(56)9-8-16-54-29(58)14-15-30(54)59)40(64)47-23(3)39(63)48-25-12-10-24(11-13-25)20-66-42(65)53(7)18-31(60)52(6)17-28(57)50-33-26(19-55)67-41(36(62)35(33)61)51-38(44-5)34-37(43-4)46-21-45-34/h10-15,21-23,26,32-33,35-36,41,43,55,61-62H,5,8-9,16-20H2,1-4,6-7H3,(H,45,46)(H,47,64)(H,48,63)(H,49,56)(H,50,57)/b51-38-/t23-,26-,32-,33-,35+,36-,41-/m0/s1. The average Bonchev–Trinajstić information content (AvgIpc) is 3.90. The number of nitrogens with zero attached hydrogens (tertiary/aromatic N) is 6. The number of benzene rings is 1. The number of aliphatic hydroxyl groups is 3. The number of H-pyrrole nitrogens is 1. The van der Waals surface area contributed by atoms with Crippen LogP contribution < -0.4 is 26.6 Å². The fourth-order valence-corrected chi connectivity index (χ4v) is 6.66. The predicted octanol–water partition coefficient (Wildman–Crippen LogP) is -2.16. The molecule has 0 aliphatic carbocycles. The molecule has 2 aliphatic rings. The first-order valence-corrected chi connectivity index (χ1v) is 21.1. The Kier molecular flexibility index (Phi) is 19.2. The van der Waals surface area contributed by atoms with Gasteiger partial charge in [-0.25, -0.2) is 19.8 Å². The van der Waals surface area contributed by atoms with Crippen LogP contribution in [-0.4, -0.2) is 190 Å². The number of amides is 8. The number of anilines is 2. The molecule has 0 saturated carbocycles. The lowest BCUT2D eigenvalue weighted by Gasteiger charge is -2.41. The Morgan fingerprint density at radius 1 is 0.955 bits per heavy atom. The molecule has 3 heterocycles. The third-order valence-electron chi connectivity index (χ3n) is 10.5. The quantitative estimate of drug-likeness (QED) is 0.0366. The molecule has 2 aromatic rings. The van der Waals surface area contributed by atoms with Crippen molar-refractivity contribution in [1.82, 2.24) is 40.6 Å². The number of imidazole rings is 1. The van der Waals surface area contributed by atoms with Crippen molar-refractivity contribution in [2.45, 2.75) is 82.9 Å². The number of ether oxygens (including phenoxy) is 2. The highest BCUT2D eigenvalue weighted by Gasteiger charge is 2.45. The summed E-state index contributed by atoms with van der Waals surface area (Å²) < 4.78 is 11.0. The van der Waals surface area contributed by atoms with E-state index in [0.29, 0.717) is 22.8 Å². The highest BCUT2D eigenvalue weighted by Crippen LogP contribution is 2.24. The van der Waals surface area contributed by atoms with E-state index in [1.54, 1.807) is 45.2 Å². The Morgan fingerprint density at radius 2 is 1.63 bits per heavy atom. The average molecular weight is 939 g/mol. The maximum absolute atomic E-state index is 13.1. The summed E-state index contributed by atoms with van der Waals surface area (Å²) in [6.07, 6.45) is -3.00. The lowest BCUT2D eigenvalue weighted by Crippen LogP contribution is -2.64. The molecule has 0 bridgehead atoms. The topological polar surface area (TPSA) is 339 Å². The molecule has 364 valence electrons. The minimum Gasteiger partial charge on any atom is -0.445 e. The maximum Gasteiger partial charge on any atom is 0.410 e. The van der Waals surface area contributed by atoms with E-state index < -0.39 is 110 Å². The van der Waals surface area contributed by atoms with E-state index in [0.717, 1.165) is 26.9 Å². The van der Waals surface area contributed by atoms with Crippen LogP contribution in [0.4, 0.5) is 16.3 Å². The molecular formula is C42H58N12O13. The monoisotopic (exact) mass is 938 g/mol. The SMILES string of the molecule is C=N/C(=N\[C@H]1O[C@@H](CO)[C@H](NC(=O)CN(C)C(=O)CN(C)C(=O)OCc2ccc(NC(=O)[C@H](C)NC(=O)[C@@H](NC(=O)CCCN3C(=O)C=CC3=O)C(C)C)cc2)[C@@H](O)[C@@H]1O)c1[nH]cnc1NC. The molecule has 25 heteroatoms. The van der Waals surface area contributed by atoms with Gasteiger partial charge in [0.2, 0.25) is 29.5 Å². The molecule has 7 atom stereocenters. The van der Waals surface area contributed by atoms with Crippen LogP contribution >= 0.6 is 0 Å². The lowest BCUT2D eigenvalue weighted by molar-refractivity contribution is -0.191. The molecule has 67 heavy (non-hydrogen) atoms. The van der Waals surface area contributed by atoms with Crippen LogP contribution in [0.1, 0.15) is 44.9 Å². The van der Waals surface area contributed by atoms with Gasteiger partial charge in [-0.15, -0.1) is 0 Å². The number of aliphatic hydroxyl groups excluding tert-OH is 3. The number of imide groups is 1. The van der Waals surface area contributed by atoms with Crippen LogP contribution in [-0.2, 0) is 49.6 Å². The highest BCUT2D eigenvalue weighted by molar-refractivity contribution is 6.12. The van der Waals surface area contributed by atoms with Gasteiger partial charge in [-0.3, -0.25) is 38.5 Å². The molecule has 1 aromatic heterocycles. The first-order valence-electron chi connectivity index (χ1n) is 21.1. The summed E-state index contributed by atoms with van der Waals surface area (Å²) in [7, 11) is 4.24. The third kappa shape index (κ3) is 14.4. The lowest BCUT2D eigenvalue weighted by atomic mass is 9.95. The number of hydrogen-bond donors (Lipinski definition) is 9. The summed E-state index contributed by atoms with van der Waals surface area (Å²) in [6.45, 7) is 6.55. The van der Waals surface area contributed by atoms with E-state index in [-0.39, 0.29) is 37.7 Å². The van der Waals surface area contributed by atoms with Crippen molar-refractivity contribution in [3.63, 3.8) is 0 Å². The van der Waals surface area contributed by atoms with Crippen LogP contribution in [0.2, 0.25) is 0 Å². The van der Waals surface area contributed by atoms with Crippen molar-refractivity contribution in [3.05, 3.63) is 54.0 Å². The van der Waals surface area contributed by atoms with E-state index in [9.17, 15) is 53.7 Å². The molecule has 4 rings (SSSR count). The summed E-state index contributed by atoms with van der Waals surface area (Å²) in [6, 6.07) is 2.99. The van der Waals surface area contributed by atoms with Gasteiger partial charge in [-0.1, -0.05) is 26.0 Å². The van der Waals surface area contributed by atoms with Gasteiger partial charge in [0.15, 0.2) is 17.9 Å². The first-order chi connectivity index (χ1) is 31.8. The number of amidine groups is 1. The van der Waals surface area contributed by atoms with Crippen molar-refractivity contribution in [2.75, 3.05) is 58.0 Å². The smallest absolute Gasteiger partial charge is 0.410 e. The fraction of sp³-hybridized carbons (Fsp3) is 0.500. The molecule has 1 fully saturated rings. The van der Waals surface area contributed by atoms with Crippen molar-refractivity contribution < 1.29 is 63.1 Å². The van der Waals surface area contributed by atoms with Crippen LogP contribution in [0, 0.1) is 5.92 Å². The molecule has 1 aromatic carbocycles. The predicted molar refractivity (Wildman–Crippen MR) is 239 cm³/mol. The number of aliphatic imine (C=N–C) groups is 2. The van der Waals surface area contributed by atoms with Crippen molar-refractivity contribution in [2.24, 2.45) is 15.9 Å². The number of carbonyl (C=O) groups is 8. The fourth-order valence-electron chi connectivity index (χ4n) is 6.66. The van der Waals surface area contributed by atoms with Gasteiger partial charge >= 0.3 is 6.09 Å². The number of aromatic nitrogens is 2. The Morgan fingerprint density at radius 3 is 2.24 bits per heavy atom. The van der Waals surface area contributed by atoms with E-state index in [1.807, 2.05) is 0 Å². The molecule has 0 radical (unpaired) electrons. The van der Waals surface area contributed by atoms with Crippen molar-refractivity contribution >= 4 is 71.5 Å². The second-order valence-electron chi connectivity index (χ2n) is 15.9. The van der Waals surface area contributed by atoms with Crippen LogP contribution in [0.5, 0.6) is 0 Å². The van der Waals surface area contributed by atoms with Gasteiger partial charge in [0.1, 0.15) is 49.2 Å². The number of aromatic amines is 1. The zero-order valence-electron chi connectivity index (χ0n) is 37.9. The molecule has 2 aliphatic heterocycles. The number of hydrogen-bond acceptors (Lipinski definition) is 16. The van der Waals surface area contributed by atoms with Gasteiger partial charge in [0.05, 0.1) is 25.5 Å². The first kappa shape index (κ1) is 52.5. The van der Waals surface area contributed by atoms with E-state index in [4.69, 9.17) is 9.47 Å². The summed E-state index contributed by atoms with van der Waals surface area (Å²) in [4.78, 5) is 119. The minimum atomic E-state index is -1.68. The zero-order valence-corrected chi connectivity index (χ0v) is 37.9. The molecule has 25 nitrogen and oxygen atoms in total. The summed E-state index contributed by atoms with van der Waals surface area (Å²) in [5.41, 5.74) is 1.22. The summed E-state index contributed by atoms with van der Waals surface area (Å²) >= 11 is 0. The van der Waals surface area contributed by atoms with Crippen molar-refractivity contribution in [3.8, 4) is 0 Å². The summed E-state index contributed by atoms with van der Waals surface area (Å²) in [5, 5.41) is 45.0. The normalized spacial score (nSPS) is 20.1. The molecular weight excluding hydrogens is 881 g/mol. The van der Waals surface area contributed by atoms with Crippen LogP contribution in [0.15, 0.2) is 52.7 Å².